The Bertz CT molecular complexity index is 965. The van der Waals surface area contributed by atoms with Gasteiger partial charge in [-0.2, -0.15) is 0 Å². The molecule has 7 nitrogen and oxygen atoms in total. The number of nitrogens with zero attached hydrogens (tertiary/aromatic N) is 1. The summed E-state index contributed by atoms with van der Waals surface area (Å²) in [6, 6.07) is 0. The minimum Gasteiger partial charge on any atom is -0.445 e. The third-order valence-electron chi connectivity index (χ3n) is 11.5. The van der Waals surface area contributed by atoms with Crippen LogP contribution < -0.4 is 5.32 Å². The maximum Gasteiger partial charge on any atom is 0.414 e. The number of alkyl carbamates (subject to hydrolysis) is 1. The van der Waals surface area contributed by atoms with Crippen LogP contribution in [-0.4, -0.2) is 59.6 Å². The lowest BCUT2D eigenvalue weighted by Gasteiger charge is -2.61. The van der Waals surface area contributed by atoms with Crippen LogP contribution in [0.4, 0.5) is 4.79 Å². The molecule has 0 aromatic rings. The zero-order valence-electron chi connectivity index (χ0n) is 22.6. The Morgan fingerprint density at radius 1 is 1.17 bits per heavy atom. The van der Waals surface area contributed by atoms with Crippen LogP contribution in [-0.2, 0) is 14.3 Å². The molecule has 2 N–H and O–H groups in total. The Labute approximate surface area is 215 Å². The summed E-state index contributed by atoms with van der Waals surface area (Å²) in [5, 5.41) is 14.3. The van der Waals surface area contributed by atoms with Gasteiger partial charge in [-0.1, -0.05) is 39.8 Å². The highest BCUT2D eigenvalue weighted by molar-refractivity contribution is 5.93. The topological polar surface area (TPSA) is 95.9 Å². The number of carbonyl (C=O) groups excluding carboxylic acids is 3. The van der Waals surface area contributed by atoms with Crippen molar-refractivity contribution in [1.29, 1.82) is 0 Å². The number of hydrogen-bond donors (Lipinski definition) is 2. The summed E-state index contributed by atoms with van der Waals surface area (Å²) in [5.41, 5.74) is -1.49. The monoisotopic (exact) mass is 500 g/mol. The van der Waals surface area contributed by atoms with Crippen molar-refractivity contribution in [3.63, 3.8) is 0 Å². The molecule has 3 aliphatic carbocycles. The summed E-state index contributed by atoms with van der Waals surface area (Å²) >= 11 is 0. The van der Waals surface area contributed by atoms with Crippen LogP contribution >= 0.6 is 0 Å². The molecule has 5 rings (SSSR count). The van der Waals surface area contributed by atoms with Gasteiger partial charge >= 0.3 is 6.09 Å². The third-order valence-corrected chi connectivity index (χ3v) is 11.5. The maximum atomic E-state index is 13.5. The van der Waals surface area contributed by atoms with E-state index in [-0.39, 0.29) is 40.8 Å². The van der Waals surface area contributed by atoms with E-state index >= 15 is 0 Å². The minimum absolute atomic E-state index is 0.0499. The van der Waals surface area contributed by atoms with Gasteiger partial charge < -0.3 is 14.7 Å². The Morgan fingerprint density at radius 3 is 2.56 bits per heavy atom. The molecule has 200 valence electrons. The number of fused-ring (bicyclic) bond motifs is 2. The molecule has 0 spiro atoms. The molecule has 36 heavy (non-hydrogen) atoms. The van der Waals surface area contributed by atoms with Gasteiger partial charge in [-0.05, 0) is 68.7 Å². The molecule has 3 unspecified atom stereocenters. The van der Waals surface area contributed by atoms with Crippen molar-refractivity contribution in [3.05, 3.63) is 12.2 Å². The van der Waals surface area contributed by atoms with Gasteiger partial charge in [0.1, 0.15) is 11.9 Å². The molecule has 2 aliphatic heterocycles. The predicted octanol–water partition coefficient (Wildman–Crippen LogP) is 3.94. The van der Waals surface area contributed by atoms with Crippen LogP contribution in [0.25, 0.3) is 0 Å². The van der Waals surface area contributed by atoms with Crippen LogP contribution in [0.1, 0.15) is 73.1 Å². The van der Waals surface area contributed by atoms with E-state index in [9.17, 15) is 19.5 Å². The smallest absolute Gasteiger partial charge is 0.414 e. The molecule has 11 atom stereocenters. The van der Waals surface area contributed by atoms with Gasteiger partial charge in [-0.3, -0.25) is 14.9 Å². The highest BCUT2D eigenvalue weighted by Crippen LogP contribution is 2.68. The van der Waals surface area contributed by atoms with E-state index in [2.05, 4.69) is 31.0 Å². The first-order chi connectivity index (χ1) is 17.0. The maximum absolute atomic E-state index is 13.5. The van der Waals surface area contributed by atoms with E-state index in [4.69, 9.17) is 4.74 Å². The lowest BCUT2D eigenvalue weighted by Crippen LogP contribution is -2.63. The first-order valence-corrected chi connectivity index (χ1v) is 14.0. The van der Waals surface area contributed by atoms with E-state index in [0.717, 1.165) is 38.8 Å². The van der Waals surface area contributed by atoms with Crippen LogP contribution in [0, 0.1) is 45.8 Å². The van der Waals surface area contributed by atoms with Crippen LogP contribution in [0.2, 0.25) is 0 Å². The molecule has 2 amide bonds. The van der Waals surface area contributed by atoms with Gasteiger partial charge in [0, 0.05) is 36.3 Å². The first-order valence-electron chi connectivity index (χ1n) is 14.0. The highest BCUT2D eigenvalue weighted by atomic mass is 16.6. The quantitative estimate of drug-likeness (QED) is 0.570. The van der Waals surface area contributed by atoms with E-state index in [0.29, 0.717) is 25.3 Å². The number of ketones is 1. The number of aliphatic hydroxyl groups excluding tert-OH is 1. The minimum atomic E-state index is -0.719. The Morgan fingerprint density at radius 2 is 1.92 bits per heavy atom. The molecule has 4 bridgehead atoms. The molecule has 0 radical (unpaired) electrons. The first kappa shape index (κ1) is 25.9. The summed E-state index contributed by atoms with van der Waals surface area (Å²) < 4.78 is 6.19. The number of amides is 2. The van der Waals surface area contributed by atoms with Gasteiger partial charge in [-0.15, -0.1) is 0 Å². The lowest BCUT2D eigenvalue weighted by atomic mass is 9.44. The fourth-order valence-electron chi connectivity index (χ4n) is 9.28. The number of allylic oxidation sites excluding steroid dienone is 1. The number of aliphatic hydroxyl groups is 1. The van der Waals surface area contributed by atoms with Crippen molar-refractivity contribution in [3.8, 4) is 0 Å². The second-order valence-electron chi connectivity index (χ2n) is 13.2. The zero-order valence-corrected chi connectivity index (χ0v) is 22.6. The zero-order chi connectivity index (χ0) is 26.0. The third kappa shape index (κ3) is 3.71. The van der Waals surface area contributed by atoms with Crippen molar-refractivity contribution < 1.29 is 24.2 Å². The van der Waals surface area contributed by atoms with Crippen molar-refractivity contribution in [2.45, 2.75) is 85.4 Å². The second kappa shape index (κ2) is 8.93. The molecular formula is C29H44N2O5. The van der Waals surface area contributed by atoms with Crippen LogP contribution in [0.5, 0.6) is 0 Å². The molecule has 7 heteroatoms. The van der Waals surface area contributed by atoms with E-state index in [1.54, 1.807) is 0 Å². The number of hydrogen-bond acceptors (Lipinski definition) is 6. The molecule has 2 heterocycles. The van der Waals surface area contributed by atoms with E-state index in [1.807, 2.05) is 26.0 Å². The second-order valence-corrected chi connectivity index (χ2v) is 13.2. The number of Topliss-reactive ketones (excluding diaryl/α,β-unsaturated/α-hetero) is 1. The number of carbonyl (C=O) groups is 3. The molecular weight excluding hydrogens is 456 g/mol. The summed E-state index contributed by atoms with van der Waals surface area (Å²) in [6.07, 6.45) is 6.54. The fourth-order valence-corrected chi connectivity index (χ4v) is 9.28. The summed E-state index contributed by atoms with van der Waals surface area (Å²) in [5.74, 6) is -0.0300. The van der Waals surface area contributed by atoms with Gasteiger partial charge in [0.05, 0.1) is 12.0 Å². The standard InChI is InChI=1S/C29H44N2O5/c1-6-10-27(4)14-22(36-26(35)30-25(34)20-16-31-13-9-19(20)15-31)28(5)17(2)7-11-29(18(3)24(27)33)12-8-21(32)23(28)29/h6,10,17-20,22-24,33H,7-9,11-16H2,1-5H3,(H,30,34,35)/b10-6+/t17-,18+,19-,20+,22-,23?,24+,27-,28+,29?/m1/s1. The average Bonchev–Trinajstić information content (AvgIpc) is 3.55. The Balaban J connectivity index is 1.47. The van der Waals surface area contributed by atoms with Crippen molar-refractivity contribution in [2.75, 3.05) is 19.6 Å². The van der Waals surface area contributed by atoms with Crippen LogP contribution in [0.15, 0.2) is 12.2 Å². The molecule has 0 aromatic heterocycles. The van der Waals surface area contributed by atoms with Gasteiger partial charge in [0.15, 0.2) is 0 Å². The highest BCUT2D eigenvalue weighted by Gasteiger charge is 2.68. The van der Waals surface area contributed by atoms with Gasteiger partial charge in [0.2, 0.25) is 5.91 Å². The normalized spacial score (nSPS) is 50.0. The van der Waals surface area contributed by atoms with E-state index in [1.165, 1.54) is 0 Å². The molecule has 5 aliphatic rings. The van der Waals surface area contributed by atoms with Gasteiger partial charge in [0.25, 0.3) is 0 Å². The number of ether oxygens (including phenoxy) is 1. The molecule has 0 aromatic carbocycles. The molecule has 2 saturated heterocycles. The van der Waals surface area contributed by atoms with Gasteiger partial charge in [-0.25, -0.2) is 4.79 Å². The number of rotatable bonds is 3. The predicted molar refractivity (Wildman–Crippen MR) is 136 cm³/mol. The number of piperidine rings is 1. The van der Waals surface area contributed by atoms with Crippen LogP contribution in [0.3, 0.4) is 0 Å². The Hall–Kier alpha value is -1.73. The summed E-state index contributed by atoms with van der Waals surface area (Å²) in [6.45, 7) is 13.1. The molecule has 3 saturated carbocycles. The van der Waals surface area contributed by atoms with Crippen molar-refractivity contribution in [2.24, 2.45) is 45.8 Å². The summed E-state index contributed by atoms with van der Waals surface area (Å²) in [4.78, 5) is 42.0. The Kier molecular flexibility index (Phi) is 6.43. The van der Waals surface area contributed by atoms with Crippen molar-refractivity contribution in [1.82, 2.24) is 10.2 Å². The van der Waals surface area contributed by atoms with E-state index < -0.39 is 29.1 Å². The average molecular weight is 501 g/mol. The lowest BCUT2D eigenvalue weighted by molar-refractivity contribution is -0.191. The number of nitrogens with one attached hydrogen (secondary N) is 1. The van der Waals surface area contributed by atoms with Crippen molar-refractivity contribution >= 4 is 17.8 Å². The molecule has 5 fully saturated rings. The SMILES string of the molecule is C/C=C/[C@]1(C)C[C@@H](OC(=O)NC(=O)[C@H]2CN3CC[C@@H]2C3)[C@@]2(C)C3C(=O)CCC3(CC[C@H]2C)[C@@H](C)[C@@H]1O. The fraction of sp³-hybridized carbons (Fsp3) is 0.828. The summed E-state index contributed by atoms with van der Waals surface area (Å²) in [7, 11) is 0. The largest absolute Gasteiger partial charge is 0.445 e. The number of imide groups is 1.